The van der Waals surface area contributed by atoms with Gasteiger partial charge in [-0.25, -0.2) is 13.1 Å². The quantitative estimate of drug-likeness (QED) is 0.494. The zero-order valence-corrected chi connectivity index (χ0v) is 13.3. The van der Waals surface area contributed by atoms with E-state index in [0.717, 1.165) is 6.07 Å². The maximum absolute atomic E-state index is 12.0. The molecule has 0 saturated carbocycles. The summed E-state index contributed by atoms with van der Waals surface area (Å²) in [5.41, 5.74) is -0.239. The van der Waals surface area contributed by atoms with Crippen molar-refractivity contribution in [3.8, 4) is 0 Å². The lowest BCUT2D eigenvalue weighted by Crippen LogP contribution is -2.27. The lowest BCUT2D eigenvalue weighted by atomic mass is 10.3. The standard InChI is InChI=1S/C12H18N2O4S2/c1-12(2,3)19-8-7-13-20(17,18)11-6-4-5-10(9-11)14(15)16/h4-6,9,13H,7-8H2,1-3H3. The van der Waals surface area contributed by atoms with E-state index in [1.807, 2.05) is 20.8 Å². The summed E-state index contributed by atoms with van der Waals surface area (Å²) in [6.07, 6.45) is 0. The topological polar surface area (TPSA) is 89.3 Å². The minimum absolute atomic E-state index is 0.0664. The zero-order valence-electron chi connectivity index (χ0n) is 11.6. The average Bonchev–Trinajstić information content (AvgIpc) is 2.34. The summed E-state index contributed by atoms with van der Waals surface area (Å²) >= 11 is 1.64. The molecule has 0 fully saturated rings. The molecule has 0 amide bonds. The maximum atomic E-state index is 12.0. The van der Waals surface area contributed by atoms with Gasteiger partial charge in [0.2, 0.25) is 10.0 Å². The SMILES string of the molecule is CC(C)(C)SCCNS(=O)(=O)c1cccc([N+](=O)[O-])c1. The summed E-state index contributed by atoms with van der Waals surface area (Å²) in [5.74, 6) is 0.637. The fourth-order valence-corrected chi connectivity index (χ4v) is 3.40. The van der Waals surface area contributed by atoms with Gasteiger partial charge in [0.1, 0.15) is 0 Å². The molecular formula is C12H18N2O4S2. The Morgan fingerprint density at radius 2 is 2.00 bits per heavy atom. The van der Waals surface area contributed by atoms with Crippen molar-refractivity contribution in [3.63, 3.8) is 0 Å². The Hall–Kier alpha value is -1.12. The molecular weight excluding hydrogens is 300 g/mol. The number of thioether (sulfide) groups is 1. The van der Waals surface area contributed by atoms with E-state index >= 15 is 0 Å². The van der Waals surface area contributed by atoms with Crippen molar-refractivity contribution in [2.75, 3.05) is 12.3 Å². The monoisotopic (exact) mass is 318 g/mol. The number of benzene rings is 1. The summed E-state index contributed by atoms with van der Waals surface area (Å²) in [5, 5.41) is 10.6. The number of rotatable bonds is 6. The van der Waals surface area contributed by atoms with Crippen molar-refractivity contribution in [2.24, 2.45) is 0 Å². The minimum atomic E-state index is -3.70. The molecule has 0 saturated heterocycles. The predicted molar refractivity (Wildman–Crippen MR) is 80.5 cm³/mol. The number of hydrogen-bond donors (Lipinski definition) is 1. The van der Waals surface area contributed by atoms with Crippen LogP contribution in [-0.4, -0.2) is 30.4 Å². The van der Waals surface area contributed by atoms with Gasteiger partial charge in [-0.2, -0.15) is 11.8 Å². The van der Waals surface area contributed by atoms with Gasteiger partial charge in [-0.1, -0.05) is 26.8 Å². The molecule has 1 aromatic carbocycles. The van der Waals surface area contributed by atoms with Crippen LogP contribution in [0, 0.1) is 10.1 Å². The first kappa shape index (κ1) is 16.9. The molecule has 0 aliphatic carbocycles. The van der Waals surface area contributed by atoms with Crippen molar-refractivity contribution < 1.29 is 13.3 Å². The lowest BCUT2D eigenvalue weighted by Gasteiger charge is -2.17. The van der Waals surface area contributed by atoms with E-state index in [9.17, 15) is 18.5 Å². The fraction of sp³-hybridized carbons (Fsp3) is 0.500. The van der Waals surface area contributed by atoms with Gasteiger partial charge in [0, 0.05) is 29.2 Å². The molecule has 0 bridgehead atoms. The van der Waals surface area contributed by atoms with Crippen LogP contribution in [0.5, 0.6) is 0 Å². The highest BCUT2D eigenvalue weighted by Crippen LogP contribution is 2.22. The first-order chi connectivity index (χ1) is 9.12. The fourth-order valence-electron chi connectivity index (χ4n) is 1.38. The normalized spacial score (nSPS) is 12.3. The summed E-state index contributed by atoms with van der Waals surface area (Å²) in [4.78, 5) is 9.93. The molecule has 0 heterocycles. The number of nitrogens with one attached hydrogen (secondary N) is 1. The number of nitro benzene ring substituents is 1. The highest BCUT2D eigenvalue weighted by Gasteiger charge is 2.17. The van der Waals surface area contributed by atoms with Gasteiger partial charge >= 0.3 is 0 Å². The zero-order chi connectivity index (χ0) is 15.4. The van der Waals surface area contributed by atoms with Gasteiger partial charge in [0.15, 0.2) is 0 Å². The molecule has 0 atom stereocenters. The highest BCUT2D eigenvalue weighted by molar-refractivity contribution is 8.00. The largest absolute Gasteiger partial charge is 0.270 e. The van der Waals surface area contributed by atoms with E-state index in [-0.39, 0.29) is 21.9 Å². The van der Waals surface area contributed by atoms with Crippen molar-refractivity contribution in [2.45, 2.75) is 30.4 Å². The van der Waals surface area contributed by atoms with Crippen LogP contribution in [0.3, 0.4) is 0 Å². The molecule has 8 heteroatoms. The van der Waals surface area contributed by atoms with E-state index in [0.29, 0.717) is 5.75 Å². The lowest BCUT2D eigenvalue weighted by molar-refractivity contribution is -0.385. The molecule has 112 valence electrons. The van der Waals surface area contributed by atoms with Crippen LogP contribution in [0.1, 0.15) is 20.8 Å². The summed E-state index contributed by atoms with van der Waals surface area (Å²) in [6.45, 7) is 6.43. The third-order valence-electron chi connectivity index (χ3n) is 2.27. The minimum Gasteiger partial charge on any atom is -0.258 e. The van der Waals surface area contributed by atoms with E-state index in [4.69, 9.17) is 0 Å². The van der Waals surface area contributed by atoms with E-state index in [1.54, 1.807) is 11.8 Å². The molecule has 0 spiro atoms. The smallest absolute Gasteiger partial charge is 0.258 e. The summed E-state index contributed by atoms with van der Waals surface area (Å²) in [7, 11) is -3.70. The molecule has 6 nitrogen and oxygen atoms in total. The van der Waals surface area contributed by atoms with Crippen molar-refractivity contribution in [1.82, 2.24) is 4.72 Å². The Bertz CT molecular complexity index is 579. The van der Waals surface area contributed by atoms with Crippen molar-refractivity contribution >= 4 is 27.5 Å². The molecule has 1 aromatic rings. The number of non-ortho nitro benzene ring substituents is 1. The van der Waals surface area contributed by atoms with Gasteiger partial charge in [-0.05, 0) is 6.07 Å². The van der Waals surface area contributed by atoms with Crippen LogP contribution >= 0.6 is 11.8 Å². The Morgan fingerprint density at radius 1 is 1.35 bits per heavy atom. The second-order valence-corrected chi connectivity index (χ2v) is 8.80. The van der Waals surface area contributed by atoms with Crippen LogP contribution < -0.4 is 4.72 Å². The molecule has 1 rings (SSSR count). The van der Waals surface area contributed by atoms with Crippen molar-refractivity contribution in [3.05, 3.63) is 34.4 Å². The molecule has 0 aliphatic rings. The van der Waals surface area contributed by atoms with Crippen LogP contribution in [0.15, 0.2) is 29.2 Å². The van der Waals surface area contributed by atoms with Crippen LogP contribution in [0.4, 0.5) is 5.69 Å². The highest BCUT2D eigenvalue weighted by atomic mass is 32.2. The average molecular weight is 318 g/mol. The molecule has 20 heavy (non-hydrogen) atoms. The van der Waals surface area contributed by atoms with Gasteiger partial charge in [0.25, 0.3) is 5.69 Å². The number of sulfonamides is 1. The van der Waals surface area contributed by atoms with Crippen LogP contribution in [0.25, 0.3) is 0 Å². The molecule has 0 radical (unpaired) electrons. The number of nitrogens with zero attached hydrogens (tertiary/aromatic N) is 1. The third kappa shape index (κ3) is 5.48. The summed E-state index contributed by atoms with van der Waals surface area (Å²) < 4.78 is 26.5. The van der Waals surface area contributed by atoms with Gasteiger partial charge in [0.05, 0.1) is 9.82 Å². The molecule has 1 N–H and O–H groups in total. The van der Waals surface area contributed by atoms with Crippen LogP contribution in [-0.2, 0) is 10.0 Å². The van der Waals surface area contributed by atoms with Gasteiger partial charge in [-0.3, -0.25) is 10.1 Å². The molecule has 0 aliphatic heterocycles. The summed E-state index contributed by atoms with van der Waals surface area (Å²) in [6, 6.07) is 5.01. The van der Waals surface area contributed by atoms with Crippen LogP contribution in [0.2, 0.25) is 0 Å². The second-order valence-electron chi connectivity index (χ2n) is 5.11. The van der Waals surface area contributed by atoms with E-state index < -0.39 is 14.9 Å². The molecule has 0 aromatic heterocycles. The van der Waals surface area contributed by atoms with Gasteiger partial charge in [-0.15, -0.1) is 0 Å². The second kappa shape index (κ2) is 6.55. The predicted octanol–water partition coefficient (Wildman–Crippen LogP) is 2.40. The third-order valence-corrected chi connectivity index (χ3v) is 5.00. The van der Waals surface area contributed by atoms with Gasteiger partial charge < -0.3 is 0 Å². The first-order valence-electron chi connectivity index (χ1n) is 6.00. The first-order valence-corrected chi connectivity index (χ1v) is 8.47. The van der Waals surface area contributed by atoms with E-state index in [2.05, 4.69) is 4.72 Å². The maximum Gasteiger partial charge on any atom is 0.270 e. The number of nitro groups is 1. The molecule has 0 unspecified atom stereocenters. The Kier molecular flexibility index (Phi) is 5.55. The Labute approximate surface area is 123 Å². The Balaban J connectivity index is 2.70. The van der Waals surface area contributed by atoms with Crippen molar-refractivity contribution in [1.29, 1.82) is 0 Å². The Morgan fingerprint density at radius 3 is 2.55 bits per heavy atom. The van der Waals surface area contributed by atoms with E-state index in [1.165, 1.54) is 18.2 Å². The number of hydrogen-bond acceptors (Lipinski definition) is 5.